The highest BCUT2D eigenvalue weighted by atomic mass is 32.2. The van der Waals surface area contributed by atoms with E-state index in [1.165, 1.54) is 45.8 Å². The number of aromatic nitrogens is 4. The van der Waals surface area contributed by atoms with Crippen molar-refractivity contribution in [3.05, 3.63) is 41.5 Å². The lowest BCUT2D eigenvalue weighted by Gasteiger charge is -2.49. The number of thioether (sulfide) groups is 1. The number of nitrogen functional groups attached to an aromatic ring is 2. The number of ether oxygens (including phenoxy) is 1. The minimum absolute atomic E-state index is 0.0239. The zero-order valence-corrected chi connectivity index (χ0v) is 26.6. The molecule has 2 aliphatic heterocycles. The molecule has 2 amide bonds. The molecule has 2 unspecified atom stereocenters. The van der Waals surface area contributed by atoms with Gasteiger partial charge in [-0.1, -0.05) is 0 Å². The standard InChI is InChI=1S/C26H34N10O7S2/c1-12(9-43-25(2,3)23(41)42)26(4,21-33-24(29)45-34-21)22(40)32-15-18(37)36-16(20(38)39)13(10-44-19(15)36)7-35-8-14(30-6-5-27)17(28)31-11-35/h8-9,11,15,19,28,30H,5-7,10,27H2,1-4H3,(H5,29,32,33,34,38,39,40,41,42)/p+1/b12-9-/t15-,19?,26?/m1/s1. The first-order valence-electron chi connectivity index (χ1n) is 13.6. The van der Waals surface area contributed by atoms with Crippen molar-refractivity contribution in [1.29, 1.82) is 0 Å². The molecule has 4 rings (SSSR count). The maximum atomic E-state index is 13.9. The smallest absolute Gasteiger partial charge is 0.352 e. The number of fused-ring (bicyclic) bond motifs is 1. The number of anilines is 3. The van der Waals surface area contributed by atoms with Gasteiger partial charge in [-0.15, -0.1) is 11.8 Å². The van der Waals surface area contributed by atoms with Gasteiger partial charge in [0, 0.05) is 35.9 Å². The quantitative estimate of drug-likeness (QED) is 0.0788. The van der Waals surface area contributed by atoms with Gasteiger partial charge < -0.3 is 42.8 Å². The third-order valence-corrected chi connectivity index (χ3v) is 9.34. The number of carbonyl (C=O) groups excluding carboxylic acids is 2. The summed E-state index contributed by atoms with van der Waals surface area (Å²) >= 11 is 2.16. The highest BCUT2D eigenvalue weighted by molar-refractivity contribution is 8.00. The summed E-state index contributed by atoms with van der Waals surface area (Å²) in [4.78, 5) is 60.7. The van der Waals surface area contributed by atoms with Crippen molar-refractivity contribution in [2.24, 2.45) is 5.73 Å². The molecular formula is C26H35N10O7S2+. The van der Waals surface area contributed by atoms with Gasteiger partial charge in [-0.05, 0) is 38.3 Å². The Hall–Kier alpha value is -4.49. The Morgan fingerprint density at radius 1 is 1.27 bits per heavy atom. The van der Waals surface area contributed by atoms with Crippen LogP contribution in [-0.4, -0.2) is 89.1 Å². The van der Waals surface area contributed by atoms with E-state index in [9.17, 15) is 29.4 Å². The van der Waals surface area contributed by atoms with Gasteiger partial charge >= 0.3 is 11.9 Å². The van der Waals surface area contributed by atoms with Crippen LogP contribution in [0.3, 0.4) is 0 Å². The fourth-order valence-corrected chi connectivity index (χ4v) is 6.38. The summed E-state index contributed by atoms with van der Waals surface area (Å²) in [6, 6.07) is -1.06. The molecular weight excluding hydrogens is 628 g/mol. The Labute approximate surface area is 266 Å². The van der Waals surface area contributed by atoms with E-state index in [4.69, 9.17) is 21.9 Å². The van der Waals surface area contributed by atoms with Crippen LogP contribution < -0.4 is 32.4 Å². The number of carboxylic acids is 2. The topological polar surface area (TPSA) is 266 Å². The van der Waals surface area contributed by atoms with Crippen LogP contribution in [0.25, 0.3) is 0 Å². The summed E-state index contributed by atoms with van der Waals surface area (Å²) < 4.78 is 11.3. The molecule has 0 saturated carbocycles. The van der Waals surface area contributed by atoms with Gasteiger partial charge in [-0.3, -0.25) is 14.5 Å². The Bertz CT molecular complexity index is 1590. The van der Waals surface area contributed by atoms with Gasteiger partial charge in [0.05, 0.1) is 6.26 Å². The van der Waals surface area contributed by atoms with E-state index in [0.717, 1.165) is 22.7 Å². The van der Waals surface area contributed by atoms with Crippen molar-refractivity contribution in [1.82, 2.24) is 24.6 Å². The van der Waals surface area contributed by atoms with Crippen molar-refractivity contribution in [2.75, 3.05) is 35.6 Å². The Morgan fingerprint density at radius 3 is 2.58 bits per heavy atom. The fraction of sp³-hybridized carbons (Fsp3) is 0.462. The summed E-state index contributed by atoms with van der Waals surface area (Å²) in [6.45, 7) is 6.68. The van der Waals surface area contributed by atoms with E-state index in [1.807, 2.05) is 0 Å². The van der Waals surface area contributed by atoms with Gasteiger partial charge in [-0.2, -0.15) is 4.37 Å². The molecule has 3 atom stereocenters. The number of hydrogen-bond acceptors (Lipinski definition) is 14. The third-order valence-electron chi connectivity index (χ3n) is 7.46. The first-order valence-corrected chi connectivity index (χ1v) is 15.4. The number of hydrogen-bond donors (Lipinski definition) is 7. The number of aliphatic carboxylic acids is 2. The molecule has 2 aromatic heterocycles. The maximum Gasteiger partial charge on any atom is 0.352 e. The lowest BCUT2D eigenvalue weighted by molar-refractivity contribution is -0.691. The van der Waals surface area contributed by atoms with Crippen LogP contribution in [0.15, 0.2) is 35.6 Å². The largest absolute Gasteiger partial charge is 0.484 e. The highest BCUT2D eigenvalue weighted by Crippen LogP contribution is 2.41. The van der Waals surface area contributed by atoms with E-state index in [0.29, 0.717) is 24.4 Å². The lowest BCUT2D eigenvalue weighted by atomic mass is 9.81. The number of nitrogens with one attached hydrogen (secondary N) is 2. The summed E-state index contributed by atoms with van der Waals surface area (Å²) in [5.74, 6) is -3.27. The predicted molar refractivity (Wildman–Crippen MR) is 164 cm³/mol. The maximum absolute atomic E-state index is 13.9. The van der Waals surface area contributed by atoms with Gasteiger partial charge in [-0.25, -0.2) is 19.1 Å². The molecule has 0 aliphatic carbocycles. The van der Waals surface area contributed by atoms with Crippen LogP contribution in [0.4, 0.5) is 16.6 Å². The molecule has 1 fully saturated rings. The fourth-order valence-electron chi connectivity index (χ4n) is 4.51. The molecule has 0 bridgehead atoms. The molecule has 10 N–H and O–H groups in total. The Balaban J connectivity index is 1.58. The molecule has 0 aromatic carbocycles. The monoisotopic (exact) mass is 663 g/mol. The predicted octanol–water partition coefficient (Wildman–Crippen LogP) is -0.764. The number of amides is 2. The van der Waals surface area contributed by atoms with Crippen LogP contribution in [0.1, 0.15) is 33.5 Å². The minimum atomic E-state index is -1.62. The Kier molecular flexibility index (Phi) is 9.54. The third kappa shape index (κ3) is 6.50. The SMILES string of the molecule is C/C(=C/OC(C)(C)C(=O)O)C(C)(C(=O)N[C@@H]1C(=O)N2C(C(=O)O)=C(C[n+]3cnc(N)c(NCCN)c3)CSC12)c1nsc(N)n1. The number of nitrogens with zero attached hydrogens (tertiary/aromatic N) is 5. The summed E-state index contributed by atoms with van der Waals surface area (Å²) in [5, 5.41) is 24.7. The van der Waals surface area contributed by atoms with E-state index < -0.39 is 46.2 Å². The summed E-state index contributed by atoms with van der Waals surface area (Å²) in [5.41, 5.74) is 15.1. The number of carbonyl (C=O) groups is 4. The average Bonchev–Trinajstić information content (AvgIpc) is 3.44. The zero-order valence-electron chi connectivity index (χ0n) is 24.9. The summed E-state index contributed by atoms with van der Waals surface area (Å²) in [7, 11) is 0. The summed E-state index contributed by atoms with van der Waals surface area (Å²) in [6.07, 6.45) is 4.29. The molecule has 4 heterocycles. The van der Waals surface area contributed by atoms with E-state index >= 15 is 0 Å². The van der Waals surface area contributed by atoms with E-state index in [2.05, 4.69) is 25.0 Å². The number of carboxylic acid groups (broad SMARTS) is 2. The van der Waals surface area contributed by atoms with Crippen LogP contribution in [0.2, 0.25) is 0 Å². The molecule has 2 aliphatic rings. The van der Waals surface area contributed by atoms with E-state index in [-0.39, 0.29) is 40.3 Å². The first kappa shape index (κ1) is 33.4. The van der Waals surface area contributed by atoms with Crippen LogP contribution in [0.5, 0.6) is 0 Å². The normalized spacial score (nSPS) is 19.7. The van der Waals surface area contributed by atoms with Crippen molar-refractivity contribution in [3.63, 3.8) is 0 Å². The zero-order chi connectivity index (χ0) is 33.3. The number of rotatable bonds is 13. The average molecular weight is 664 g/mol. The van der Waals surface area contributed by atoms with Gasteiger partial charge in [0.2, 0.25) is 5.91 Å². The Morgan fingerprint density at radius 2 is 1.98 bits per heavy atom. The molecule has 0 spiro atoms. The number of nitrogens with two attached hydrogens (primary N) is 3. The van der Waals surface area contributed by atoms with E-state index in [1.54, 1.807) is 10.8 Å². The van der Waals surface area contributed by atoms with Crippen molar-refractivity contribution in [3.8, 4) is 0 Å². The second-order valence-corrected chi connectivity index (χ2v) is 12.9. The molecule has 19 heteroatoms. The van der Waals surface area contributed by atoms with Crippen LogP contribution >= 0.6 is 23.3 Å². The van der Waals surface area contributed by atoms with Crippen molar-refractivity contribution in [2.45, 2.75) is 56.7 Å². The molecule has 45 heavy (non-hydrogen) atoms. The second-order valence-electron chi connectivity index (χ2n) is 11.0. The van der Waals surface area contributed by atoms with Crippen molar-refractivity contribution < 1.29 is 38.7 Å². The van der Waals surface area contributed by atoms with Gasteiger partial charge in [0.15, 0.2) is 16.6 Å². The van der Waals surface area contributed by atoms with Crippen LogP contribution in [-0.2, 0) is 35.9 Å². The van der Waals surface area contributed by atoms with Crippen molar-refractivity contribution >= 4 is 63.7 Å². The van der Waals surface area contributed by atoms with Gasteiger partial charge in [0.25, 0.3) is 18.1 Å². The molecule has 1 saturated heterocycles. The van der Waals surface area contributed by atoms with Gasteiger partial charge in [0.1, 0.15) is 41.0 Å². The highest BCUT2D eigenvalue weighted by Gasteiger charge is 2.56. The molecule has 2 aromatic rings. The molecule has 0 radical (unpaired) electrons. The second kappa shape index (κ2) is 12.9. The van der Waals surface area contributed by atoms with Crippen LogP contribution in [0, 0.1) is 0 Å². The number of β-lactam (4-membered cyclic amide) rings is 1. The molecule has 17 nitrogen and oxygen atoms in total. The minimum Gasteiger partial charge on any atom is -0.484 e. The molecule has 242 valence electrons. The first-order chi connectivity index (χ1) is 21.1. The lowest BCUT2D eigenvalue weighted by Crippen LogP contribution is -2.72.